The van der Waals surface area contributed by atoms with Crippen molar-refractivity contribution in [3.63, 3.8) is 0 Å². The third-order valence-electron chi connectivity index (χ3n) is 4.15. The van der Waals surface area contributed by atoms with Crippen molar-refractivity contribution in [1.29, 1.82) is 0 Å². The Morgan fingerprint density at radius 1 is 1.04 bits per heavy atom. The van der Waals surface area contributed by atoms with Gasteiger partial charge < -0.3 is 5.11 Å². The molecule has 3 aromatic rings. The molecule has 0 spiro atoms. The van der Waals surface area contributed by atoms with Crippen LogP contribution in [0.1, 0.15) is 36.0 Å². The van der Waals surface area contributed by atoms with Crippen molar-refractivity contribution < 1.29 is 23.9 Å². The average Bonchev–Trinajstić information content (AvgIpc) is 3.08. The number of carbonyl (C=O) groups is 3. The summed E-state index contributed by atoms with van der Waals surface area (Å²) in [7, 11) is 0. The molecule has 1 aliphatic heterocycles. The second kappa shape index (κ2) is 5.49. The van der Waals surface area contributed by atoms with E-state index in [4.69, 9.17) is 0 Å². The van der Waals surface area contributed by atoms with Crippen LogP contribution in [-0.2, 0) is 6.54 Å². The van der Waals surface area contributed by atoms with E-state index < -0.39 is 23.6 Å². The molecule has 0 saturated heterocycles. The SMILES string of the molecule is O=C(O)c1sc2cccc(F)c2c1CN1C(=O)c2ccccc2C1=O. The Morgan fingerprint density at radius 3 is 2.28 bits per heavy atom. The van der Waals surface area contributed by atoms with Crippen LogP contribution in [0.5, 0.6) is 0 Å². The topological polar surface area (TPSA) is 74.7 Å². The maximum Gasteiger partial charge on any atom is 0.346 e. The molecule has 1 aromatic heterocycles. The Morgan fingerprint density at radius 2 is 1.68 bits per heavy atom. The monoisotopic (exact) mass is 355 g/mol. The minimum Gasteiger partial charge on any atom is -0.477 e. The van der Waals surface area contributed by atoms with Gasteiger partial charge in [0.2, 0.25) is 0 Å². The van der Waals surface area contributed by atoms with Gasteiger partial charge in [-0.25, -0.2) is 9.18 Å². The smallest absolute Gasteiger partial charge is 0.346 e. The molecule has 0 atom stereocenters. The average molecular weight is 355 g/mol. The molecule has 7 heteroatoms. The number of fused-ring (bicyclic) bond motifs is 2. The summed E-state index contributed by atoms with van der Waals surface area (Å²) in [6, 6.07) is 10.7. The van der Waals surface area contributed by atoms with Crippen LogP contribution in [0.4, 0.5) is 4.39 Å². The first kappa shape index (κ1) is 15.5. The number of hydrogen-bond acceptors (Lipinski definition) is 4. The molecule has 4 rings (SSSR count). The van der Waals surface area contributed by atoms with Crippen LogP contribution in [-0.4, -0.2) is 27.8 Å². The van der Waals surface area contributed by atoms with Gasteiger partial charge in [-0.15, -0.1) is 11.3 Å². The van der Waals surface area contributed by atoms with Crippen molar-refractivity contribution >= 4 is 39.2 Å². The lowest BCUT2D eigenvalue weighted by molar-refractivity contribution is 0.0630. The van der Waals surface area contributed by atoms with Crippen molar-refractivity contribution in [2.24, 2.45) is 0 Å². The fourth-order valence-electron chi connectivity index (χ4n) is 3.03. The van der Waals surface area contributed by atoms with Gasteiger partial charge in [-0.05, 0) is 24.3 Å². The lowest BCUT2D eigenvalue weighted by Crippen LogP contribution is -2.29. The zero-order valence-corrected chi connectivity index (χ0v) is 13.5. The summed E-state index contributed by atoms with van der Waals surface area (Å²) in [5.41, 5.74) is 0.675. The fourth-order valence-corrected chi connectivity index (χ4v) is 4.10. The van der Waals surface area contributed by atoms with Crippen LogP contribution in [0, 0.1) is 5.82 Å². The Labute approximate surface area is 144 Å². The standard InChI is InChI=1S/C18H10FNO4S/c19-12-6-3-7-13-14(12)11(15(25-13)18(23)24)8-20-16(21)9-4-1-2-5-10(9)17(20)22/h1-7H,8H2,(H,23,24). The van der Waals surface area contributed by atoms with Gasteiger partial charge in [0.05, 0.1) is 17.7 Å². The van der Waals surface area contributed by atoms with Crippen LogP contribution in [0.15, 0.2) is 42.5 Å². The zero-order chi connectivity index (χ0) is 17.7. The van der Waals surface area contributed by atoms with E-state index in [2.05, 4.69) is 0 Å². The third-order valence-corrected chi connectivity index (χ3v) is 5.34. The number of halogens is 1. The van der Waals surface area contributed by atoms with E-state index in [9.17, 15) is 23.9 Å². The van der Waals surface area contributed by atoms with Crippen molar-refractivity contribution in [1.82, 2.24) is 4.90 Å². The van der Waals surface area contributed by atoms with Crippen LogP contribution in [0.25, 0.3) is 10.1 Å². The molecule has 0 bridgehead atoms. The zero-order valence-electron chi connectivity index (χ0n) is 12.7. The second-order valence-corrected chi connectivity index (χ2v) is 6.62. The maximum absolute atomic E-state index is 14.3. The van der Waals surface area contributed by atoms with Crippen molar-refractivity contribution in [3.8, 4) is 0 Å². The molecule has 1 aliphatic rings. The highest BCUT2D eigenvalue weighted by molar-refractivity contribution is 7.21. The van der Waals surface area contributed by atoms with Gasteiger partial charge in [0, 0.05) is 15.6 Å². The second-order valence-electron chi connectivity index (χ2n) is 5.57. The fraction of sp³-hybridized carbons (Fsp3) is 0.0556. The third kappa shape index (κ3) is 2.24. The summed E-state index contributed by atoms with van der Waals surface area (Å²) in [4.78, 5) is 37.5. The Bertz CT molecular complexity index is 1040. The van der Waals surface area contributed by atoms with E-state index in [1.165, 1.54) is 12.1 Å². The normalized spacial score (nSPS) is 13.6. The molecule has 0 radical (unpaired) electrons. The number of carbonyl (C=O) groups excluding carboxylic acids is 2. The predicted molar refractivity (Wildman–Crippen MR) is 89.4 cm³/mol. The predicted octanol–water partition coefficient (Wildman–Crippen LogP) is 3.53. The molecule has 5 nitrogen and oxygen atoms in total. The van der Waals surface area contributed by atoms with Crippen LogP contribution >= 0.6 is 11.3 Å². The van der Waals surface area contributed by atoms with Gasteiger partial charge in [0.15, 0.2) is 0 Å². The molecule has 2 amide bonds. The highest BCUT2D eigenvalue weighted by Gasteiger charge is 2.36. The number of thiophene rings is 1. The van der Waals surface area contributed by atoms with E-state index in [1.54, 1.807) is 30.3 Å². The number of hydrogen-bond donors (Lipinski definition) is 1. The molecule has 0 aliphatic carbocycles. The molecule has 0 unspecified atom stereocenters. The van der Waals surface area contributed by atoms with Gasteiger partial charge in [0.1, 0.15) is 10.7 Å². The van der Waals surface area contributed by atoms with E-state index in [0.29, 0.717) is 4.70 Å². The summed E-state index contributed by atoms with van der Waals surface area (Å²) in [6.07, 6.45) is 0. The highest BCUT2D eigenvalue weighted by Crippen LogP contribution is 2.35. The lowest BCUT2D eigenvalue weighted by atomic mass is 10.1. The number of imide groups is 1. The molecule has 2 aromatic carbocycles. The summed E-state index contributed by atoms with van der Waals surface area (Å²) >= 11 is 0.927. The highest BCUT2D eigenvalue weighted by atomic mass is 32.1. The summed E-state index contributed by atoms with van der Waals surface area (Å²) < 4.78 is 14.7. The molecule has 124 valence electrons. The summed E-state index contributed by atoms with van der Waals surface area (Å²) in [5.74, 6) is -2.81. The van der Waals surface area contributed by atoms with Crippen LogP contribution in [0.3, 0.4) is 0 Å². The van der Waals surface area contributed by atoms with E-state index >= 15 is 0 Å². The Balaban J connectivity index is 1.85. The first-order chi connectivity index (χ1) is 12.0. The van der Waals surface area contributed by atoms with Crippen molar-refractivity contribution in [3.05, 3.63) is 69.8 Å². The summed E-state index contributed by atoms with van der Waals surface area (Å²) in [5, 5.41) is 9.58. The van der Waals surface area contributed by atoms with Gasteiger partial charge >= 0.3 is 5.97 Å². The van der Waals surface area contributed by atoms with E-state index in [0.717, 1.165) is 16.2 Å². The molecule has 25 heavy (non-hydrogen) atoms. The number of amides is 2. The van der Waals surface area contributed by atoms with Gasteiger partial charge in [-0.2, -0.15) is 0 Å². The first-order valence-electron chi connectivity index (χ1n) is 7.37. The minimum atomic E-state index is -1.22. The Hall–Kier alpha value is -3.06. The number of benzene rings is 2. The summed E-state index contributed by atoms with van der Waals surface area (Å²) in [6.45, 7) is -0.283. The molecule has 0 saturated carbocycles. The maximum atomic E-state index is 14.3. The first-order valence-corrected chi connectivity index (χ1v) is 8.19. The molecular formula is C18H10FNO4S. The van der Waals surface area contributed by atoms with Crippen LogP contribution in [0.2, 0.25) is 0 Å². The number of nitrogens with zero attached hydrogens (tertiary/aromatic N) is 1. The molecule has 1 N–H and O–H groups in total. The quantitative estimate of drug-likeness (QED) is 0.729. The van der Waals surface area contributed by atoms with E-state index in [1.807, 2.05) is 0 Å². The number of carboxylic acids is 1. The van der Waals surface area contributed by atoms with Gasteiger partial charge in [-0.1, -0.05) is 18.2 Å². The Kier molecular flexibility index (Phi) is 3.40. The van der Waals surface area contributed by atoms with E-state index in [-0.39, 0.29) is 33.5 Å². The largest absolute Gasteiger partial charge is 0.477 e. The van der Waals surface area contributed by atoms with Crippen molar-refractivity contribution in [2.75, 3.05) is 0 Å². The molecule has 0 fully saturated rings. The van der Waals surface area contributed by atoms with Crippen LogP contribution < -0.4 is 0 Å². The van der Waals surface area contributed by atoms with Gasteiger partial charge in [-0.3, -0.25) is 14.5 Å². The minimum absolute atomic E-state index is 0.0725. The number of aromatic carboxylic acids is 1. The molecule has 2 heterocycles. The molecular weight excluding hydrogens is 345 g/mol. The van der Waals surface area contributed by atoms with Gasteiger partial charge in [0.25, 0.3) is 11.8 Å². The number of rotatable bonds is 3. The number of carboxylic acid groups (broad SMARTS) is 1. The lowest BCUT2D eigenvalue weighted by Gasteiger charge is -2.14. The van der Waals surface area contributed by atoms with Crippen molar-refractivity contribution in [2.45, 2.75) is 6.54 Å².